The molecule has 2 aromatic heterocycles. The maximum Gasteiger partial charge on any atom is 0.222 e. The van der Waals surface area contributed by atoms with Gasteiger partial charge in [0.15, 0.2) is 0 Å². The first-order valence-electron chi connectivity index (χ1n) is 11.3. The number of imidazole rings is 1. The second-order valence-corrected chi connectivity index (χ2v) is 7.95. The number of hydrogen-bond donors (Lipinski definition) is 2. The highest BCUT2D eigenvalue weighted by molar-refractivity contribution is 5.76. The van der Waals surface area contributed by atoms with Crippen LogP contribution in [0.25, 0.3) is 0 Å². The number of carbonyl (C=O) groups is 1. The summed E-state index contributed by atoms with van der Waals surface area (Å²) in [6.45, 7) is 1.88. The maximum absolute atomic E-state index is 13.4. The molecule has 1 unspecified atom stereocenters. The predicted molar refractivity (Wildman–Crippen MR) is 123 cm³/mol. The van der Waals surface area contributed by atoms with Gasteiger partial charge in [0.05, 0.1) is 6.33 Å². The molecule has 0 saturated heterocycles. The van der Waals surface area contributed by atoms with Gasteiger partial charge in [0, 0.05) is 55.6 Å². The van der Waals surface area contributed by atoms with Crippen LogP contribution in [0, 0.1) is 5.82 Å². The van der Waals surface area contributed by atoms with E-state index in [1.807, 2.05) is 35.2 Å². The van der Waals surface area contributed by atoms with Gasteiger partial charge in [-0.3, -0.25) is 9.78 Å². The molecule has 2 heterocycles. The number of rotatable bonds is 13. The quantitative estimate of drug-likeness (QED) is 0.395. The third-order valence-electron chi connectivity index (χ3n) is 5.64. The minimum Gasteiger partial charge on any atom is -0.348 e. The van der Waals surface area contributed by atoms with E-state index in [1.54, 1.807) is 18.7 Å². The van der Waals surface area contributed by atoms with E-state index in [9.17, 15) is 9.18 Å². The molecule has 3 N–H and O–H groups in total. The minimum atomic E-state index is -0.238. The SMILES string of the molecule is NCCCC(=O)N(CCCCC(c1ccc(F)cc1)c1ccccn1)CCc1cnc[nH]1. The molecule has 0 spiro atoms. The summed E-state index contributed by atoms with van der Waals surface area (Å²) >= 11 is 0. The van der Waals surface area contributed by atoms with Crippen molar-refractivity contribution in [2.45, 2.75) is 44.4 Å². The van der Waals surface area contributed by atoms with E-state index in [-0.39, 0.29) is 17.6 Å². The van der Waals surface area contributed by atoms with Crippen molar-refractivity contribution in [1.82, 2.24) is 19.9 Å². The highest BCUT2D eigenvalue weighted by atomic mass is 19.1. The molecule has 0 aliphatic heterocycles. The van der Waals surface area contributed by atoms with Crippen molar-refractivity contribution in [2.24, 2.45) is 5.73 Å². The van der Waals surface area contributed by atoms with Crippen LogP contribution >= 0.6 is 0 Å². The molecule has 0 aliphatic rings. The molecule has 0 aliphatic carbocycles. The number of aromatic amines is 1. The number of H-pyrrole nitrogens is 1. The summed E-state index contributed by atoms with van der Waals surface area (Å²) in [5, 5.41) is 0. The molecule has 0 fully saturated rings. The number of nitrogens with one attached hydrogen (secondary N) is 1. The molecule has 3 rings (SSSR count). The third-order valence-corrected chi connectivity index (χ3v) is 5.64. The molecule has 1 amide bonds. The van der Waals surface area contributed by atoms with E-state index in [0.29, 0.717) is 32.5 Å². The summed E-state index contributed by atoms with van der Waals surface area (Å²) in [6, 6.07) is 12.6. The predicted octanol–water partition coefficient (Wildman–Crippen LogP) is 4.06. The van der Waals surface area contributed by atoms with Crippen molar-refractivity contribution in [1.29, 1.82) is 0 Å². The van der Waals surface area contributed by atoms with Crippen LogP contribution in [0.1, 0.15) is 55.0 Å². The first-order chi connectivity index (χ1) is 15.7. The smallest absolute Gasteiger partial charge is 0.222 e. The molecule has 32 heavy (non-hydrogen) atoms. The van der Waals surface area contributed by atoms with Crippen molar-refractivity contribution in [3.8, 4) is 0 Å². The van der Waals surface area contributed by atoms with Crippen LogP contribution in [0.4, 0.5) is 4.39 Å². The van der Waals surface area contributed by atoms with E-state index >= 15 is 0 Å². The van der Waals surface area contributed by atoms with Gasteiger partial charge in [0.1, 0.15) is 5.82 Å². The highest BCUT2D eigenvalue weighted by Crippen LogP contribution is 2.28. The Hall–Kier alpha value is -3.06. The topological polar surface area (TPSA) is 87.9 Å². The number of nitrogens with two attached hydrogens (primary N) is 1. The second kappa shape index (κ2) is 12.7. The molecule has 170 valence electrons. The Morgan fingerprint density at radius 3 is 2.62 bits per heavy atom. The lowest BCUT2D eigenvalue weighted by Gasteiger charge is -2.23. The monoisotopic (exact) mass is 437 g/mol. The fourth-order valence-electron chi connectivity index (χ4n) is 3.86. The van der Waals surface area contributed by atoms with E-state index in [1.165, 1.54) is 12.1 Å². The maximum atomic E-state index is 13.4. The van der Waals surface area contributed by atoms with Crippen LogP contribution in [0.3, 0.4) is 0 Å². The summed E-state index contributed by atoms with van der Waals surface area (Å²) in [5.74, 6) is 0.00961. The number of halogens is 1. The largest absolute Gasteiger partial charge is 0.348 e. The van der Waals surface area contributed by atoms with Crippen molar-refractivity contribution in [3.63, 3.8) is 0 Å². The van der Waals surface area contributed by atoms with Crippen LogP contribution in [0.15, 0.2) is 61.2 Å². The normalized spacial score (nSPS) is 11.9. The number of unbranched alkanes of at least 4 members (excludes halogenated alkanes) is 1. The molecule has 7 heteroatoms. The number of benzene rings is 1. The number of nitrogens with zero attached hydrogens (tertiary/aromatic N) is 3. The van der Waals surface area contributed by atoms with Gasteiger partial charge < -0.3 is 15.6 Å². The summed E-state index contributed by atoms with van der Waals surface area (Å²) in [4.78, 5) is 26.3. The average Bonchev–Trinajstić information content (AvgIpc) is 3.34. The van der Waals surface area contributed by atoms with Gasteiger partial charge in [-0.2, -0.15) is 0 Å². The van der Waals surface area contributed by atoms with Gasteiger partial charge in [-0.05, 0) is 55.6 Å². The highest BCUT2D eigenvalue weighted by Gasteiger charge is 2.17. The van der Waals surface area contributed by atoms with Crippen molar-refractivity contribution in [2.75, 3.05) is 19.6 Å². The van der Waals surface area contributed by atoms with E-state index in [0.717, 1.165) is 42.6 Å². The van der Waals surface area contributed by atoms with Gasteiger partial charge in [-0.25, -0.2) is 9.37 Å². The third kappa shape index (κ3) is 7.27. The van der Waals surface area contributed by atoms with Crippen LogP contribution in [-0.4, -0.2) is 45.4 Å². The lowest BCUT2D eigenvalue weighted by molar-refractivity contribution is -0.131. The Labute approximate surface area is 189 Å². The van der Waals surface area contributed by atoms with Crippen LogP contribution in [-0.2, 0) is 11.2 Å². The molecular weight excluding hydrogens is 405 g/mol. The Balaban J connectivity index is 1.58. The van der Waals surface area contributed by atoms with Crippen LogP contribution in [0.2, 0.25) is 0 Å². The van der Waals surface area contributed by atoms with Gasteiger partial charge in [-0.15, -0.1) is 0 Å². The van der Waals surface area contributed by atoms with E-state index in [4.69, 9.17) is 5.73 Å². The fraction of sp³-hybridized carbons (Fsp3) is 0.400. The standard InChI is InChI=1S/C25H32FN5O/c26-21-11-9-20(10-12-21)23(24-7-1-3-15-29-24)6-2-4-16-31(25(32)8-5-14-27)17-13-22-18-28-19-30-22/h1,3,7,9-12,15,18-19,23H,2,4-6,8,13-14,16-17,27H2,(H,28,30). The Kier molecular flexibility index (Phi) is 9.37. The summed E-state index contributed by atoms with van der Waals surface area (Å²) in [5.41, 5.74) is 8.65. The van der Waals surface area contributed by atoms with E-state index in [2.05, 4.69) is 15.0 Å². The van der Waals surface area contributed by atoms with E-state index < -0.39 is 0 Å². The fourth-order valence-corrected chi connectivity index (χ4v) is 3.86. The lowest BCUT2D eigenvalue weighted by atomic mass is 9.90. The zero-order valence-corrected chi connectivity index (χ0v) is 18.4. The second-order valence-electron chi connectivity index (χ2n) is 7.95. The van der Waals surface area contributed by atoms with Gasteiger partial charge in [0.2, 0.25) is 5.91 Å². The van der Waals surface area contributed by atoms with Crippen molar-refractivity contribution in [3.05, 3.63) is 84.0 Å². The molecule has 3 aromatic rings. The molecule has 0 radical (unpaired) electrons. The lowest BCUT2D eigenvalue weighted by Crippen LogP contribution is -2.34. The average molecular weight is 438 g/mol. The Morgan fingerprint density at radius 1 is 1.09 bits per heavy atom. The Morgan fingerprint density at radius 2 is 1.94 bits per heavy atom. The number of carbonyl (C=O) groups excluding carboxylic acids is 1. The summed E-state index contributed by atoms with van der Waals surface area (Å²) in [6.07, 6.45) is 9.88. The molecule has 6 nitrogen and oxygen atoms in total. The minimum absolute atomic E-state index is 0.100. The summed E-state index contributed by atoms with van der Waals surface area (Å²) in [7, 11) is 0. The van der Waals surface area contributed by atoms with Gasteiger partial charge in [0.25, 0.3) is 0 Å². The number of pyridine rings is 1. The zero-order valence-electron chi connectivity index (χ0n) is 18.4. The number of hydrogen-bond acceptors (Lipinski definition) is 4. The molecule has 1 aromatic carbocycles. The first-order valence-corrected chi connectivity index (χ1v) is 11.3. The van der Waals surface area contributed by atoms with Gasteiger partial charge in [-0.1, -0.05) is 24.6 Å². The van der Waals surface area contributed by atoms with Crippen LogP contribution in [0.5, 0.6) is 0 Å². The molecular formula is C25H32FN5O. The molecule has 0 saturated carbocycles. The number of aromatic nitrogens is 3. The zero-order chi connectivity index (χ0) is 22.6. The van der Waals surface area contributed by atoms with Gasteiger partial charge >= 0.3 is 0 Å². The Bertz CT molecular complexity index is 915. The number of amides is 1. The van der Waals surface area contributed by atoms with Crippen molar-refractivity contribution >= 4 is 5.91 Å². The summed E-state index contributed by atoms with van der Waals surface area (Å²) < 4.78 is 13.4. The van der Waals surface area contributed by atoms with Crippen LogP contribution < -0.4 is 5.73 Å². The molecule has 1 atom stereocenters. The molecule has 0 bridgehead atoms. The first kappa shape index (κ1) is 23.6. The van der Waals surface area contributed by atoms with Crippen molar-refractivity contribution < 1.29 is 9.18 Å².